The lowest BCUT2D eigenvalue weighted by molar-refractivity contribution is -0.122. The highest BCUT2D eigenvalue weighted by Gasteiger charge is 2.05. The van der Waals surface area contributed by atoms with Gasteiger partial charge in [0.2, 0.25) is 5.91 Å². The average Bonchev–Trinajstić information content (AvgIpc) is 2.72. The van der Waals surface area contributed by atoms with E-state index < -0.39 is 0 Å². The van der Waals surface area contributed by atoms with Gasteiger partial charge in [0.15, 0.2) is 0 Å². The second-order valence-corrected chi connectivity index (χ2v) is 4.36. The zero-order chi connectivity index (χ0) is 13.4. The summed E-state index contributed by atoms with van der Waals surface area (Å²) in [5.41, 5.74) is 1.13. The molecule has 0 spiro atoms. The van der Waals surface area contributed by atoms with E-state index >= 15 is 0 Å². The average molecular weight is 254 g/mol. The van der Waals surface area contributed by atoms with Crippen molar-refractivity contribution in [3.05, 3.63) is 18.0 Å². The molecule has 1 rings (SSSR count). The first kappa shape index (κ1) is 14.7. The maximum Gasteiger partial charge on any atom is 0.234 e. The fourth-order valence-electron chi connectivity index (χ4n) is 1.53. The van der Waals surface area contributed by atoms with Crippen LogP contribution in [0.3, 0.4) is 0 Å². The Labute approximate surface area is 108 Å². The number of rotatable bonds is 8. The van der Waals surface area contributed by atoms with Gasteiger partial charge in [-0.25, -0.2) is 0 Å². The van der Waals surface area contributed by atoms with Crippen LogP contribution in [0.1, 0.15) is 5.56 Å². The Balaban J connectivity index is 2.13. The number of carbonyl (C=O) groups excluding carboxylic acids is 1. The molecule has 0 bridgehead atoms. The van der Waals surface area contributed by atoms with E-state index in [-0.39, 0.29) is 5.91 Å². The summed E-state index contributed by atoms with van der Waals surface area (Å²) in [6.45, 7) is 5.06. The van der Waals surface area contributed by atoms with Gasteiger partial charge in [-0.05, 0) is 19.5 Å². The zero-order valence-corrected chi connectivity index (χ0v) is 11.3. The van der Waals surface area contributed by atoms with Gasteiger partial charge < -0.3 is 10.1 Å². The standard InChI is InChI=1S/C12H22N4O2/c1-11-8-14-16(9-11)5-4-13-12(17)10-15(2)6-7-18-3/h8-9H,4-7,10H2,1-3H3,(H,13,17). The van der Waals surface area contributed by atoms with Gasteiger partial charge in [-0.15, -0.1) is 0 Å². The van der Waals surface area contributed by atoms with Crippen molar-refractivity contribution >= 4 is 5.91 Å². The molecule has 0 fully saturated rings. The third-order valence-corrected chi connectivity index (χ3v) is 2.52. The molecule has 0 aliphatic carbocycles. The van der Waals surface area contributed by atoms with Crippen LogP contribution in [-0.4, -0.2) is 61.0 Å². The van der Waals surface area contributed by atoms with Crippen LogP contribution in [0.25, 0.3) is 0 Å². The van der Waals surface area contributed by atoms with Crippen LogP contribution in [-0.2, 0) is 16.1 Å². The molecule has 1 aromatic rings. The fraction of sp³-hybridized carbons (Fsp3) is 0.667. The molecule has 0 aliphatic heterocycles. The number of ether oxygens (including phenoxy) is 1. The van der Waals surface area contributed by atoms with E-state index in [0.717, 1.165) is 12.1 Å². The molecular weight excluding hydrogens is 232 g/mol. The van der Waals surface area contributed by atoms with Crippen molar-refractivity contribution in [2.45, 2.75) is 13.5 Å². The van der Waals surface area contributed by atoms with Crippen LogP contribution in [0, 0.1) is 6.92 Å². The number of amides is 1. The fourth-order valence-corrected chi connectivity index (χ4v) is 1.53. The van der Waals surface area contributed by atoms with Gasteiger partial charge in [-0.2, -0.15) is 5.10 Å². The third-order valence-electron chi connectivity index (χ3n) is 2.52. The monoisotopic (exact) mass is 254 g/mol. The molecule has 1 heterocycles. The highest BCUT2D eigenvalue weighted by Crippen LogP contribution is 1.92. The molecule has 0 radical (unpaired) electrons. The molecule has 0 unspecified atom stereocenters. The Morgan fingerprint density at radius 3 is 3.00 bits per heavy atom. The number of hydrogen-bond acceptors (Lipinski definition) is 4. The van der Waals surface area contributed by atoms with Crippen molar-refractivity contribution in [2.24, 2.45) is 0 Å². The Hall–Kier alpha value is -1.40. The molecule has 1 N–H and O–H groups in total. The topological polar surface area (TPSA) is 59.4 Å². The minimum absolute atomic E-state index is 0.0254. The van der Waals surface area contributed by atoms with Crippen molar-refractivity contribution in [2.75, 3.05) is 40.4 Å². The van der Waals surface area contributed by atoms with E-state index in [9.17, 15) is 4.79 Å². The quantitative estimate of drug-likeness (QED) is 0.703. The largest absolute Gasteiger partial charge is 0.383 e. The minimum atomic E-state index is 0.0254. The number of carbonyl (C=O) groups is 1. The van der Waals surface area contributed by atoms with Crippen LogP contribution in [0.2, 0.25) is 0 Å². The van der Waals surface area contributed by atoms with Crippen molar-refractivity contribution < 1.29 is 9.53 Å². The number of methoxy groups -OCH3 is 1. The second-order valence-electron chi connectivity index (χ2n) is 4.36. The van der Waals surface area contributed by atoms with Crippen LogP contribution < -0.4 is 5.32 Å². The van der Waals surface area contributed by atoms with E-state index in [1.165, 1.54) is 0 Å². The Morgan fingerprint density at radius 1 is 1.61 bits per heavy atom. The number of nitrogens with one attached hydrogen (secondary N) is 1. The van der Waals surface area contributed by atoms with Crippen LogP contribution in [0.4, 0.5) is 0 Å². The predicted molar refractivity (Wildman–Crippen MR) is 69.3 cm³/mol. The first-order chi connectivity index (χ1) is 8.61. The summed E-state index contributed by atoms with van der Waals surface area (Å²) in [5, 5.41) is 7.02. The van der Waals surface area contributed by atoms with E-state index in [1.807, 2.05) is 29.7 Å². The van der Waals surface area contributed by atoms with E-state index in [0.29, 0.717) is 26.2 Å². The van der Waals surface area contributed by atoms with Crippen molar-refractivity contribution in [3.63, 3.8) is 0 Å². The van der Waals surface area contributed by atoms with Gasteiger partial charge in [-0.1, -0.05) is 0 Å². The molecule has 0 saturated heterocycles. The molecule has 0 aromatic carbocycles. The van der Waals surface area contributed by atoms with Crippen LogP contribution in [0.15, 0.2) is 12.4 Å². The van der Waals surface area contributed by atoms with Gasteiger partial charge in [0, 0.05) is 26.4 Å². The minimum Gasteiger partial charge on any atom is -0.383 e. The first-order valence-electron chi connectivity index (χ1n) is 6.05. The number of likely N-dealkylation sites (N-methyl/N-ethyl adjacent to an activating group) is 1. The Kier molecular flexibility index (Phi) is 6.38. The maximum atomic E-state index is 11.6. The number of nitrogens with zero attached hydrogens (tertiary/aromatic N) is 3. The molecule has 1 aromatic heterocycles. The van der Waals surface area contributed by atoms with Crippen LogP contribution in [0.5, 0.6) is 0 Å². The van der Waals surface area contributed by atoms with Gasteiger partial charge in [0.05, 0.1) is 25.9 Å². The molecule has 6 nitrogen and oxygen atoms in total. The molecule has 0 aliphatic rings. The van der Waals surface area contributed by atoms with Crippen molar-refractivity contribution in [3.8, 4) is 0 Å². The molecule has 0 atom stereocenters. The first-order valence-corrected chi connectivity index (χ1v) is 6.05. The number of aryl methyl sites for hydroxylation is 1. The zero-order valence-electron chi connectivity index (χ0n) is 11.3. The summed E-state index contributed by atoms with van der Waals surface area (Å²) in [6.07, 6.45) is 3.76. The summed E-state index contributed by atoms with van der Waals surface area (Å²) in [6, 6.07) is 0. The summed E-state index contributed by atoms with van der Waals surface area (Å²) in [4.78, 5) is 13.5. The Bertz CT molecular complexity index is 365. The Morgan fingerprint density at radius 2 is 2.39 bits per heavy atom. The lowest BCUT2D eigenvalue weighted by atomic mass is 10.4. The van der Waals surface area contributed by atoms with Gasteiger partial charge in [-0.3, -0.25) is 14.4 Å². The molecule has 1 amide bonds. The summed E-state index contributed by atoms with van der Waals surface area (Å²) in [7, 11) is 3.55. The summed E-state index contributed by atoms with van der Waals surface area (Å²) in [5.74, 6) is 0.0254. The molecule has 18 heavy (non-hydrogen) atoms. The molecule has 6 heteroatoms. The highest BCUT2D eigenvalue weighted by molar-refractivity contribution is 5.77. The van der Waals surface area contributed by atoms with Crippen molar-refractivity contribution in [1.82, 2.24) is 20.0 Å². The van der Waals surface area contributed by atoms with Gasteiger partial charge in [0.1, 0.15) is 0 Å². The number of aromatic nitrogens is 2. The second kappa shape index (κ2) is 7.84. The SMILES string of the molecule is COCCN(C)CC(=O)NCCn1cc(C)cn1. The lowest BCUT2D eigenvalue weighted by Gasteiger charge is -2.15. The van der Waals surface area contributed by atoms with E-state index in [4.69, 9.17) is 4.74 Å². The third kappa shape index (κ3) is 5.79. The maximum absolute atomic E-state index is 11.6. The van der Waals surface area contributed by atoms with Gasteiger partial charge in [0.25, 0.3) is 0 Å². The lowest BCUT2D eigenvalue weighted by Crippen LogP contribution is -2.37. The summed E-state index contributed by atoms with van der Waals surface area (Å²) < 4.78 is 6.77. The summed E-state index contributed by atoms with van der Waals surface area (Å²) >= 11 is 0. The van der Waals surface area contributed by atoms with E-state index in [1.54, 1.807) is 13.3 Å². The smallest absolute Gasteiger partial charge is 0.234 e. The van der Waals surface area contributed by atoms with Crippen molar-refractivity contribution in [1.29, 1.82) is 0 Å². The highest BCUT2D eigenvalue weighted by atomic mass is 16.5. The van der Waals surface area contributed by atoms with E-state index in [2.05, 4.69) is 10.4 Å². The van der Waals surface area contributed by atoms with Crippen LogP contribution >= 0.6 is 0 Å². The molecular formula is C12H22N4O2. The molecule has 0 saturated carbocycles. The predicted octanol–water partition coefficient (Wildman–Crippen LogP) is -0.114. The van der Waals surface area contributed by atoms with Gasteiger partial charge >= 0.3 is 0 Å². The normalized spacial score (nSPS) is 10.9. The number of hydrogen-bond donors (Lipinski definition) is 1. The molecule has 102 valence electrons.